The summed E-state index contributed by atoms with van der Waals surface area (Å²) in [5, 5.41) is 0. The van der Waals surface area contributed by atoms with Crippen molar-refractivity contribution < 1.29 is 22.4 Å². The van der Waals surface area contributed by atoms with Crippen molar-refractivity contribution >= 4 is 12.6 Å². The van der Waals surface area contributed by atoms with Crippen LogP contribution in [-0.2, 0) is 35.0 Å². The van der Waals surface area contributed by atoms with Crippen molar-refractivity contribution in [2.75, 3.05) is 5.75 Å². The molecule has 0 aliphatic heterocycles. The zero-order valence-corrected chi connectivity index (χ0v) is 7.54. The molecule has 0 aromatic carbocycles. The van der Waals surface area contributed by atoms with Gasteiger partial charge in [-0.05, 0) is 0 Å². The van der Waals surface area contributed by atoms with E-state index in [2.05, 4.69) is 6.92 Å². The second-order valence-corrected chi connectivity index (χ2v) is 2.17. The summed E-state index contributed by atoms with van der Waals surface area (Å²) in [6.07, 6.45) is 5.25. The summed E-state index contributed by atoms with van der Waals surface area (Å²) >= 11 is 4.77. The average molecular weight is 225 g/mol. The molecule has 54 valence electrons. The van der Waals surface area contributed by atoms with Crippen LogP contribution in [0.5, 0.6) is 0 Å². The molecule has 0 bridgehead atoms. The minimum Gasteiger partial charge on any atom is -0.793 e. The van der Waals surface area contributed by atoms with Crippen molar-refractivity contribution in [1.29, 1.82) is 0 Å². The first-order valence-electron chi connectivity index (χ1n) is 3.00. The SMILES string of the molecule is CCCCCC[S-].[Ag+]. The van der Waals surface area contributed by atoms with Crippen LogP contribution in [0, 0.1) is 0 Å². The maximum atomic E-state index is 4.77. The molecule has 0 aromatic heterocycles. The van der Waals surface area contributed by atoms with Gasteiger partial charge in [0.25, 0.3) is 0 Å². The summed E-state index contributed by atoms with van der Waals surface area (Å²) in [5.74, 6) is 0.944. The molecule has 0 nitrogen and oxygen atoms in total. The number of rotatable bonds is 4. The second kappa shape index (κ2) is 11.0. The molecular formula is C6H13AgS. The average Bonchev–Trinajstić information content (AvgIpc) is 1.69. The largest absolute Gasteiger partial charge is 1.00 e. The van der Waals surface area contributed by atoms with E-state index in [0.717, 1.165) is 5.75 Å². The molecule has 8 heavy (non-hydrogen) atoms. The van der Waals surface area contributed by atoms with Crippen LogP contribution in [0.15, 0.2) is 0 Å². The summed E-state index contributed by atoms with van der Waals surface area (Å²) < 4.78 is 0. The van der Waals surface area contributed by atoms with Crippen molar-refractivity contribution in [3.8, 4) is 0 Å². The zero-order valence-electron chi connectivity index (χ0n) is 5.25. The molecule has 0 saturated carbocycles. The van der Waals surface area contributed by atoms with Crippen molar-refractivity contribution in [2.45, 2.75) is 32.6 Å². The monoisotopic (exact) mass is 224 g/mol. The van der Waals surface area contributed by atoms with Gasteiger partial charge in [0.15, 0.2) is 0 Å². The smallest absolute Gasteiger partial charge is 0.793 e. The Labute approximate surface area is 73.4 Å². The summed E-state index contributed by atoms with van der Waals surface area (Å²) in [4.78, 5) is 0. The van der Waals surface area contributed by atoms with Crippen LogP contribution in [0.4, 0.5) is 0 Å². The summed E-state index contributed by atoms with van der Waals surface area (Å²) in [6, 6.07) is 0. The molecule has 0 spiro atoms. The third-order valence-corrected chi connectivity index (χ3v) is 1.29. The summed E-state index contributed by atoms with van der Waals surface area (Å²) in [7, 11) is 0. The molecule has 0 atom stereocenters. The van der Waals surface area contributed by atoms with Crippen LogP contribution in [0.3, 0.4) is 0 Å². The molecule has 0 aliphatic rings. The van der Waals surface area contributed by atoms with Crippen LogP contribution >= 0.6 is 0 Å². The summed E-state index contributed by atoms with van der Waals surface area (Å²) in [6.45, 7) is 2.21. The Balaban J connectivity index is 0. The Kier molecular flexibility index (Phi) is 16.2. The first-order valence-corrected chi connectivity index (χ1v) is 3.57. The third kappa shape index (κ3) is 10.1. The van der Waals surface area contributed by atoms with Crippen LogP contribution < -0.4 is 0 Å². The molecular weight excluding hydrogens is 212 g/mol. The van der Waals surface area contributed by atoms with Gasteiger partial charge in [0.2, 0.25) is 0 Å². The van der Waals surface area contributed by atoms with Gasteiger partial charge in [0.1, 0.15) is 0 Å². The third-order valence-electron chi connectivity index (χ3n) is 0.998. The van der Waals surface area contributed by atoms with Gasteiger partial charge < -0.3 is 12.6 Å². The normalized spacial score (nSPS) is 8.25. The van der Waals surface area contributed by atoms with E-state index in [1.165, 1.54) is 25.7 Å². The van der Waals surface area contributed by atoms with Crippen molar-refractivity contribution in [3.63, 3.8) is 0 Å². The van der Waals surface area contributed by atoms with E-state index < -0.39 is 0 Å². The van der Waals surface area contributed by atoms with Crippen molar-refractivity contribution in [3.05, 3.63) is 0 Å². The molecule has 0 amide bonds. The predicted molar refractivity (Wildman–Crippen MR) is 36.4 cm³/mol. The Bertz CT molecular complexity index is 27.7. The Morgan fingerprint density at radius 3 is 2.12 bits per heavy atom. The maximum Gasteiger partial charge on any atom is 1.00 e. The van der Waals surface area contributed by atoms with Crippen LogP contribution in [0.2, 0.25) is 0 Å². The fourth-order valence-electron chi connectivity index (χ4n) is 0.529. The molecule has 0 N–H and O–H groups in total. The first-order chi connectivity index (χ1) is 3.41. The molecule has 0 aliphatic carbocycles. The number of hydrogen-bond donors (Lipinski definition) is 0. The van der Waals surface area contributed by atoms with E-state index in [1.807, 2.05) is 0 Å². The standard InChI is InChI=1S/C6H14S.Ag/c1-2-3-4-5-6-7;/h7H,2-6H2,1H3;/q;+1/p-1. The van der Waals surface area contributed by atoms with Gasteiger partial charge >= 0.3 is 22.4 Å². The number of hydrogen-bond acceptors (Lipinski definition) is 1. The minimum atomic E-state index is 0. The van der Waals surface area contributed by atoms with Gasteiger partial charge in [-0.25, -0.2) is 0 Å². The van der Waals surface area contributed by atoms with Gasteiger partial charge in [0, 0.05) is 0 Å². The van der Waals surface area contributed by atoms with Crippen LogP contribution in [0.1, 0.15) is 32.6 Å². The molecule has 0 saturated heterocycles. The van der Waals surface area contributed by atoms with E-state index in [4.69, 9.17) is 12.6 Å². The van der Waals surface area contributed by atoms with Gasteiger partial charge in [-0.2, -0.15) is 5.75 Å². The Hall–Kier alpha value is 1.09. The summed E-state index contributed by atoms with van der Waals surface area (Å²) in [5.41, 5.74) is 0. The van der Waals surface area contributed by atoms with E-state index >= 15 is 0 Å². The number of unbranched alkanes of at least 4 members (excludes halogenated alkanes) is 3. The van der Waals surface area contributed by atoms with Crippen molar-refractivity contribution in [1.82, 2.24) is 0 Å². The molecule has 0 aromatic rings. The maximum absolute atomic E-state index is 4.77. The molecule has 0 fully saturated rings. The Morgan fingerprint density at radius 1 is 1.12 bits per heavy atom. The van der Waals surface area contributed by atoms with E-state index in [-0.39, 0.29) is 22.4 Å². The first kappa shape index (κ1) is 11.8. The quantitative estimate of drug-likeness (QED) is 0.401. The minimum absolute atomic E-state index is 0. The topological polar surface area (TPSA) is 0 Å². The molecule has 0 heterocycles. The van der Waals surface area contributed by atoms with Gasteiger partial charge in [0.05, 0.1) is 0 Å². The van der Waals surface area contributed by atoms with E-state index in [9.17, 15) is 0 Å². The van der Waals surface area contributed by atoms with E-state index in [1.54, 1.807) is 0 Å². The predicted octanol–water partition coefficient (Wildman–Crippen LogP) is 2.11. The fourth-order valence-corrected chi connectivity index (χ4v) is 0.733. The van der Waals surface area contributed by atoms with Crippen molar-refractivity contribution in [2.24, 2.45) is 0 Å². The Morgan fingerprint density at radius 2 is 1.75 bits per heavy atom. The fraction of sp³-hybridized carbons (Fsp3) is 1.00. The van der Waals surface area contributed by atoms with E-state index in [0.29, 0.717) is 0 Å². The van der Waals surface area contributed by atoms with Crippen LogP contribution in [0.25, 0.3) is 0 Å². The van der Waals surface area contributed by atoms with Gasteiger partial charge in [-0.1, -0.05) is 32.6 Å². The molecule has 2 heteroatoms. The van der Waals surface area contributed by atoms with Gasteiger partial charge in [-0.3, -0.25) is 0 Å². The molecule has 0 unspecified atom stereocenters. The zero-order chi connectivity index (χ0) is 5.54. The van der Waals surface area contributed by atoms with Crippen LogP contribution in [-0.4, -0.2) is 5.75 Å². The molecule has 0 rings (SSSR count). The molecule has 0 radical (unpaired) electrons. The second-order valence-electron chi connectivity index (χ2n) is 1.76. The van der Waals surface area contributed by atoms with Gasteiger partial charge in [-0.15, -0.1) is 0 Å².